The standard InChI is InChI=1S/C17H25NO/c1-4-18(17(19)16-9-10-16)12-11-14(3)15-7-5-13(2)6-8-15/h4-5,11,15-16H,1,6-10,12H2,2-3H3/b14-11-. The molecule has 2 rings (SSSR count). The molecule has 1 fully saturated rings. The molecule has 0 bridgehead atoms. The van der Waals surface area contributed by atoms with Gasteiger partial charge in [0.05, 0.1) is 0 Å². The Labute approximate surface area is 116 Å². The highest BCUT2D eigenvalue weighted by atomic mass is 16.2. The molecule has 0 heterocycles. The highest BCUT2D eigenvalue weighted by Gasteiger charge is 2.32. The van der Waals surface area contributed by atoms with E-state index in [2.05, 4.69) is 32.6 Å². The Hall–Kier alpha value is -1.31. The molecule has 0 aliphatic heterocycles. The molecule has 2 nitrogen and oxygen atoms in total. The fourth-order valence-corrected chi connectivity index (χ4v) is 2.61. The Kier molecular flexibility index (Phi) is 4.62. The fraction of sp³-hybridized carbons (Fsp3) is 0.588. The predicted octanol–water partition coefficient (Wildman–Crippen LogP) is 4.06. The van der Waals surface area contributed by atoms with Gasteiger partial charge in [-0.3, -0.25) is 4.79 Å². The summed E-state index contributed by atoms with van der Waals surface area (Å²) in [6, 6.07) is 0. The molecule has 0 N–H and O–H groups in total. The van der Waals surface area contributed by atoms with Crippen molar-refractivity contribution >= 4 is 5.91 Å². The molecule has 0 aromatic carbocycles. The van der Waals surface area contributed by atoms with Gasteiger partial charge in [-0.15, -0.1) is 0 Å². The minimum absolute atomic E-state index is 0.249. The van der Waals surface area contributed by atoms with Crippen LogP contribution in [0.5, 0.6) is 0 Å². The summed E-state index contributed by atoms with van der Waals surface area (Å²) in [6.45, 7) is 8.85. The number of hydrogen-bond acceptors (Lipinski definition) is 1. The smallest absolute Gasteiger partial charge is 0.229 e. The van der Waals surface area contributed by atoms with Crippen molar-refractivity contribution in [3.63, 3.8) is 0 Å². The SMILES string of the molecule is C=CN(C/C=C(/C)C1CC=C(C)CC1)C(=O)C1CC1. The van der Waals surface area contributed by atoms with Gasteiger partial charge < -0.3 is 4.90 Å². The molecule has 0 aromatic heterocycles. The molecule has 104 valence electrons. The first-order valence-electron chi connectivity index (χ1n) is 7.37. The third-order valence-corrected chi connectivity index (χ3v) is 4.32. The van der Waals surface area contributed by atoms with Gasteiger partial charge in [-0.1, -0.05) is 29.9 Å². The first kappa shape index (κ1) is 14.1. The summed E-state index contributed by atoms with van der Waals surface area (Å²) in [7, 11) is 0. The summed E-state index contributed by atoms with van der Waals surface area (Å²) in [5.41, 5.74) is 2.93. The minimum atomic E-state index is 0.249. The number of carbonyl (C=O) groups excluding carboxylic acids is 1. The lowest BCUT2D eigenvalue weighted by molar-refractivity contribution is -0.129. The molecule has 2 aliphatic rings. The van der Waals surface area contributed by atoms with Gasteiger partial charge in [-0.2, -0.15) is 0 Å². The normalized spacial score (nSPS) is 23.8. The molecule has 0 saturated heterocycles. The average molecular weight is 259 g/mol. The maximum absolute atomic E-state index is 12.0. The first-order valence-corrected chi connectivity index (χ1v) is 7.37. The second-order valence-electron chi connectivity index (χ2n) is 5.92. The highest BCUT2D eigenvalue weighted by molar-refractivity contribution is 5.82. The highest BCUT2D eigenvalue weighted by Crippen LogP contribution is 2.31. The van der Waals surface area contributed by atoms with Crippen LogP contribution in [0.25, 0.3) is 0 Å². The second-order valence-corrected chi connectivity index (χ2v) is 5.92. The van der Waals surface area contributed by atoms with Crippen LogP contribution in [-0.4, -0.2) is 17.4 Å². The molecule has 0 radical (unpaired) electrons. The van der Waals surface area contributed by atoms with Crippen LogP contribution < -0.4 is 0 Å². The van der Waals surface area contributed by atoms with Gasteiger partial charge in [0, 0.05) is 12.5 Å². The summed E-state index contributed by atoms with van der Waals surface area (Å²) >= 11 is 0. The van der Waals surface area contributed by atoms with Crippen molar-refractivity contribution in [2.75, 3.05) is 6.54 Å². The molecule has 1 amide bonds. The van der Waals surface area contributed by atoms with Crippen LogP contribution in [0.2, 0.25) is 0 Å². The zero-order valence-corrected chi connectivity index (χ0v) is 12.2. The van der Waals surface area contributed by atoms with Gasteiger partial charge in [0.2, 0.25) is 5.91 Å². The van der Waals surface area contributed by atoms with Crippen LogP contribution in [0.3, 0.4) is 0 Å². The van der Waals surface area contributed by atoms with E-state index in [0.717, 1.165) is 19.3 Å². The molecule has 0 aromatic rings. The maximum Gasteiger partial charge on any atom is 0.229 e. The van der Waals surface area contributed by atoms with Crippen molar-refractivity contribution in [1.82, 2.24) is 4.90 Å². The zero-order valence-electron chi connectivity index (χ0n) is 12.2. The van der Waals surface area contributed by atoms with Crippen molar-refractivity contribution in [3.8, 4) is 0 Å². The van der Waals surface area contributed by atoms with Crippen molar-refractivity contribution < 1.29 is 4.79 Å². The lowest BCUT2D eigenvalue weighted by Gasteiger charge is -2.22. The van der Waals surface area contributed by atoms with Gasteiger partial charge in [0.25, 0.3) is 0 Å². The number of carbonyl (C=O) groups is 1. The van der Waals surface area contributed by atoms with E-state index >= 15 is 0 Å². The summed E-state index contributed by atoms with van der Waals surface area (Å²) in [5, 5.41) is 0. The number of rotatable bonds is 5. The van der Waals surface area contributed by atoms with E-state index in [1.807, 2.05) is 0 Å². The molecule has 0 spiro atoms. The topological polar surface area (TPSA) is 20.3 Å². The van der Waals surface area contributed by atoms with Crippen molar-refractivity contribution in [2.45, 2.75) is 46.0 Å². The number of allylic oxidation sites excluding steroid dienone is 3. The Morgan fingerprint density at radius 1 is 1.42 bits per heavy atom. The Balaban J connectivity index is 1.89. The van der Waals surface area contributed by atoms with Crippen molar-refractivity contribution in [2.24, 2.45) is 11.8 Å². The maximum atomic E-state index is 12.0. The molecular weight excluding hydrogens is 234 g/mol. The molecule has 2 aliphatic carbocycles. The van der Waals surface area contributed by atoms with Crippen LogP contribution in [0.4, 0.5) is 0 Å². The van der Waals surface area contributed by atoms with E-state index < -0.39 is 0 Å². The first-order chi connectivity index (χ1) is 9.11. The summed E-state index contributed by atoms with van der Waals surface area (Å²) < 4.78 is 0. The van der Waals surface area contributed by atoms with Crippen LogP contribution in [0.15, 0.2) is 36.1 Å². The Bertz CT molecular complexity index is 415. The van der Waals surface area contributed by atoms with E-state index in [1.165, 1.54) is 24.0 Å². The molecule has 1 atom stereocenters. The minimum Gasteiger partial charge on any atom is -0.316 e. The van der Waals surface area contributed by atoms with E-state index in [4.69, 9.17) is 0 Å². The molecule has 2 heteroatoms. The third kappa shape index (κ3) is 3.82. The van der Waals surface area contributed by atoms with Crippen LogP contribution in [0, 0.1) is 11.8 Å². The second kappa shape index (κ2) is 6.23. The zero-order chi connectivity index (χ0) is 13.8. The number of amides is 1. The van der Waals surface area contributed by atoms with Gasteiger partial charge >= 0.3 is 0 Å². The predicted molar refractivity (Wildman–Crippen MR) is 79.5 cm³/mol. The van der Waals surface area contributed by atoms with Gasteiger partial charge in [0.1, 0.15) is 0 Å². The molecule has 19 heavy (non-hydrogen) atoms. The largest absolute Gasteiger partial charge is 0.316 e. The van der Waals surface area contributed by atoms with Crippen molar-refractivity contribution in [3.05, 3.63) is 36.1 Å². The van der Waals surface area contributed by atoms with Gasteiger partial charge in [-0.05, 0) is 58.1 Å². The Morgan fingerprint density at radius 3 is 2.68 bits per heavy atom. The van der Waals surface area contributed by atoms with E-state index in [9.17, 15) is 4.79 Å². The van der Waals surface area contributed by atoms with E-state index in [-0.39, 0.29) is 11.8 Å². The molecular formula is C17H25NO. The van der Waals surface area contributed by atoms with E-state index in [1.54, 1.807) is 11.1 Å². The fourth-order valence-electron chi connectivity index (χ4n) is 2.61. The van der Waals surface area contributed by atoms with Gasteiger partial charge in [-0.25, -0.2) is 0 Å². The van der Waals surface area contributed by atoms with E-state index in [0.29, 0.717) is 12.5 Å². The Morgan fingerprint density at radius 2 is 2.16 bits per heavy atom. The third-order valence-electron chi connectivity index (χ3n) is 4.32. The number of hydrogen-bond donors (Lipinski definition) is 0. The van der Waals surface area contributed by atoms with Crippen LogP contribution >= 0.6 is 0 Å². The lowest BCUT2D eigenvalue weighted by atomic mass is 9.85. The monoisotopic (exact) mass is 259 g/mol. The lowest BCUT2D eigenvalue weighted by Crippen LogP contribution is -2.27. The summed E-state index contributed by atoms with van der Waals surface area (Å²) in [4.78, 5) is 13.8. The number of nitrogens with zero attached hydrogens (tertiary/aromatic N) is 1. The quantitative estimate of drug-likeness (QED) is 0.682. The summed E-state index contributed by atoms with van der Waals surface area (Å²) in [5.74, 6) is 1.18. The van der Waals surface area contributed by atoms with Gasteiger partial charge in [0.15, 0.2) is 0 Å². The van der Waals surface area contributed by atoms with Crippen LogP contribution in [0.1, 0.15) is 46.0 Å². The molecule has 1 unspecified atom stereocenters. The summed E-state index contributed by atoms with van der Waals surface area (Å²) in [6.07, 6.45) is 12.0. The average Bonchev–Trinajstić information content (AvgIpc) is 3.24. The molecule has 1 saturated carbocycles. The van der Waals surface area contributed by atoms with Crippen molar-refractivity contribution in [1.29, 1.82) is 0 Å². The van der Waals surface area contributed by atoms with Crippen LogP contribution in [-0.2, 0) is 4.79 Å².